The molecular formula is C21H24N4O4. The van der Waals surface area contributed by atoms with Crippen LogP contribution in [0.15, 0.2) is 36.7 Å². The second-order valence-corrected chi connectivity index (χ2v) is 6.36. The maximum atomic E-state index is 11.9. The molecule has 0 aliphatic heterocycles. The second kappa shape index (κ2) is 9.09. The van der Waals surface area contributed by atoms with Crippen LogP contribution in [0.4, 0.5) is 10.5 Å². The smallest absolute Gasteiger partial charge is 0.319 e. The van der Waals surface area contributed by atoms with Crippen molar-refractivity contribution in [3.63, 3.8) is 0 Å². The van der Waals surface area contributed by atoms with Gasteiger partial charge in [0.05, 0.1) is 25.1 Å². The van der Waals surface area contributed by atoms with Gasteiger partial charge < -0.3 is 24.8 Å². The van der Waals surface area contributed by atoms with Crippen LogP contribution in [0.2, 0.25) is 0 Å². The minimum Gasteiger partial charge on any atom is -0.493 e. The highest BCUT2D eigenvalue weighted by molar-refractivity contribution is 5.90. The summed E-state index contributed by atoms with van der Waals surface area (Å²) in [6.45, 7) is 4.52. The zero-order chi connectivity index (χ0) is 20.8. The Labute approximate surface area is 169 Å². The number of nitrogens with one attached hydrogen (secondary N) is 2. The first kappa shape index (κ1) is 20.2. The third kappa shape index (κ3) is 4.66. The average molecular weight is 396 g/mol. The summed E-state index contributed by atoms with van der Waals surface area (Å²) in [6, 6.07) is 8.73. The van der Waals surface area contributed by atoms with Gasteiger partial charge in [-0.25, -0.2) is 14.8 Å². The summed E-state index contributed by atoms with van der Waals surface area (Å²) < 4.78 is 16.7. The number of aromatic nitrogens is 2. The Balaban J connectivity index is 1.85. The molecule has 0 saturated carbocycles. The van der Waals surface area contributed by atoms with Gasteiger partial charge in [0, 0.05) is 18.3 Å². The Morgan fingerprint density at radius 3 is 2.52 bits per heavy atom. The Morgan fingerprint density at radius 1 is 1.07 bits per heavy atom. The Hall–Kier alpha value is -3.55. The zero-order valence-electron chi connectivity index (χ0n) is 16.9. The molecule has 2 amide bonds. The van der Waals surface area contributed by atoms with E-state index >= 15 is 0 Å². The standard InChI is InChI=1S/C21H24N4O4/c1-5-8-22-21(26)25-16-7-6-14(9-13(16)2)29-20-15-10-18(27-3)19(28-4)11-17(15)23-12-24-20/h6-7,9-12H,5,8H2,1-4H3,(H2,22,25,26). The molecule has 8 nitrogen and oxygen atoms in total. The molecule has 29 heavy (non-hydrogen) atoms. The first-order valence-corrected chi connectivity index (χ1v) is 9.25. The van der Waals surface area contributed by atoms with E-state index in [4.69, 9.17) is 14.2 Å². The lowest BCUT2D eigenvalue weighted by Gasteiger charge is -2.13. The van der Waals surface area contributed by atoms with E-state index < -0.39 is 0 Å². The molecule has 0 aliphatic carbocycles. The van der Waals surface area contributed by atoms with Crippen LogP contribution in [-0.2, 0) is 0 Å². The van der Waals surface area contributed by atoms with Crippen molar-refractivity contribution in [1.82, 2.24) is 15.3 Å². The van der Waals surface area contributed by atoms with Crippen LogP contribution >= 0.6 is 0 Å². The van der Waals surface area contributed by atoms with Crippen molar-refractivity contribution in [2.24, 2.45) is 0 Å². The van der Waals surface area contributed by atoms with E-state index in [1.54, 1.807) is 38.5 Å². The fourth-order valence-electron chi connectivity index (χ4n) is 2.80. The number of fused-ring (bicyclic) bond motifs is 1. The lowest BCUT2D eigenvalue weighted by molar-refractivity contribution is 0.252. The predicted molar refractivity (Wildman–Crippen MR) is 111 cm³/mol. The van der Waals surface area contributed by atoms with E-state index in [9.17, 15) is 4.79 Å². The van der Waals surface area contributed by atoms with Gasteiger partial charge in [-0.15, -0.1) is 0 Å². The van der Waals surface area contributed by atoms with Gasteiger partial charge in [0.2, 0.25) is 5.88 Å². The molecule has 1 aromatic heterocycles. The van der Waals surface area contributed by atoms with Crippen molar-refractivity contribution >= 4 is 22.6 Å². The monoisotopic (exact) mass is 396 g/mol. The Kier molecular flexibility index (Phi) is 6.33. The largest absolute Gasteiger partial charge is 0.493 e. The summed E-state index contributed by atoms with van der Waals surface area (Å²) in [7, 11) is 3.14. The van der Waals surface area contributed by atoms with Gasteiger partial charge >= 0.3 is 6.03 Å². The van der Waals surface area contributed by atoms with Crippen LogP contribution in [0.3, 0.4) is 0 Å². The molecule has 0 atom stereocenters. The maximum absolute atomic E-state index is 11.9. The van der Waals surface area contributed by atoms with Gasteiger partial charge in [-0.05, 0) is 43.2 Å². The van der Waals surface area contributed by atoms with E-state index in [0.717, 1.165) is 12.0 Å². The molecule has 0 bridgehead atoms. The molecule has 0 unspecified atom stereocenters. The van der Waals surface area contributed by atoms with Crippen LogP contribution in [0.1, 0.15) is 18.9 Å². The van der Waals surface area contributed by atoms with Crippen LogP contribution < -0.4 is 24.8 Å². The number of benzene rings is 2. The molecule has 2 aromatic carbocycles. The number of urea groups is 1. The van der Waals surface area contributed by atoms with Gasteiger partial charge in [0.1, 0.15) is 12.1 Å². The molecule has 0 saturated heterocycles. The number of anilines is 1. The quantitative estimate of drug-likeness (QED) is 0.619. The van der Waals surface area contributed by atoms with Crippen molar-refractivity contribution in [2.75, 3.05) is 26.1 Å². The number of carbonyl (C=O) groups is 1. The first-order chi connectivity index (χ1) is 14.0. The fraction of sp³-hybridized carbons (Fsp3) is 0.286. The highest BCUT2D eigenvalue weighted by Gasteiger charge is 2.13. The maximum Gasteiger partial charge on any atom is 0.319 e. The van der Waals surface area contributed by atoms with Crippen molar-refractivity contribution in [2.45, 2.75) is 20.3 Å². The average Bonchev–Trinajstić information content (AvgIpc) is 2.73. The van der Waals surface area contributed by atoms with E-state index in [1.165, 1.54) is 6.33 Å². The minimum atomic E-state index is -0.230. The third-order valence-electron chi connectivity index (χ3n) is 4.30. The number of aryl methyl sites for hydroxylation is 1. The fourth-order valence-corrected chi connectivity index (χ4v) is 2.80. The van der Waals surface area contributed by atoms with Crippen molar-refractivity contribution < 1.29 is 19.0 Å². The Morgan fingerprint density at radius 2 is 1.83 bits per heavy atom. The van der Waals surface area contributed by atoms with Gasteiger partial charge in [0.15, 0.2) is 11.5 Å². The number of carbonyl (C=O) groups excluding carboxylic acids is 1. The first-order valence-electron chi connectivity index (χ1n) is 9.25. The lowest BCUT2D eigenvalue weighted by atomic mass is 10.2. The van der Waals surface area contributed by atoms with Crippen molar-refractivity contribution in [1.29, 1.82) is 0 Å². The summed E-state index contributed by atoms with van der Waals surface area (Å²) in [6.07, 6.45) is 2.31. The van der Waals surface area contributed by atoms with Crippen molar-refractivity contribution in [3.05, 3.63) is 42.2 Å². The highest BCUT2D eigenvalue weighted by Crippen LogP contribution is 2.36. The molecule has 0 aliphatic rings. The number of ether oxygens (including phenoxy) is 3. The molecular weight excluding hydrogens is 372 g/mol. The number of hydrogen-bond donors (Lipinski definition) is 2. The number of amides is 2. The van der Waals surface area contributed by atoms with Gasteiger partial charge in [0.25, 0.3) is 0 Å². The predicted octanol–water partition coefficient (Wildman–Crippen LogP) is 4.28. The summed E-state index contributed by atoms with van der Waals surface area (Å²) in [5.41, 5.74) is 2.26. The zero-order valence-corrected chi connectivity index (χ0v) is 16.9. The number of hydrogen-bond acceptors (Lipinski definition) is 6. The van der Waals surface area contributed by atoms with Crippen LogP contribution in [-0.4, -0.2) is 36.8 Å². The third-order valence-corrected chi connectivity index (χ3v) is 4.30. The molecule has 8 heteroatoms. The van der Waals surface area contributed by atoms with Crippen LogP contribution in [0, 0.1) is 6.92 Å². The van der Waals surface area contributed by atoms with Crippen molar-refractivity contribution in [3.8, 4) is 23.1 Å². The number of methoxy groups -OCH3 is 2. The molecule has 152 valence electrons. The second-order valence-electron chi connectivity index (χ2n) is 6.36. The topological polar surface area (TPSA) is 94.6 Å². The summed E-state index contributed by atoms with van der Waals surface area (Å²) >= 11 is 0. The lowest BCUT2D eigenvalue weighted by Crippen LogP contribution is -2.29. The van der Waals surface area contributed by atoms with Gasteiger partial charge in [-0.3, -0.25) is 0 Å². The van der Waals surface area contributed by atoms with E-state index in [0.29, 0.717) is 46.3 Å². The molecule has 0 radical (unpaired) electrons. The molecule has 3 rings (SSSR count). The molecule has 0 fully saturated rings. The number of rotatable bonds is 7. The Bertz CT molecular complexity index is 1020. The molecule has 0 spiro atoms. The van der Waals surface area contributed by atoms with E-state index in [1.807, 2.05) is 19.9 Å². The molecule has 2 N–H and O–H groups in total. The summed E-state index contributed by atoms with van der Waals surface area (Å²) in [5.74, 6) is 2.14. The van der Waals surface area contributed by atoms with Crippen LogP contribution in [0.5, 0.6) is 23.1 Å². The van der Waals surface area contributed by atoms with Gasteiger partial charge in [-0.1, -0.05) is 6.92 Å². The minimum absolute atomic E-state index is 0.230. The summed E-state index contributed by atoms with van der Waals surface area (Å²) in [4.78, 5) is 20.4. The number of nitrogens with zero attached hydrogens (tertiary/aromatic N) is 2. The SMILES string of the molecule is CCCNC(=O)Nc1ccc(Oc2ncnc3cc(OC)c(OC)cc23)cc1C. The van der Waals surface area contributed by atoms with E-state index in [-0.39, 0.29) is 6.03 Å². The van der Waals surface area contributed by atoms with E-state index in [2.05, 4.69) is 20.6 Å². The normalized spacial score (nSPS) is 10.5. The molecule has 1 heterocycles. The summed E-state index contributed by atoms with van der Waals surface area (Å²) in [5, 5.41) is 6.31. The van der Waals surface area contributed by atoms with Crippen LogP contribution in [0.25, 0.3) is 10.9 Å². The van der Waals surface area contributed by atoms with Gasteiger partial charge in [-0.2, -0.15) is 0 Å². The molecule has 3 aromatic rings. The highest BCUT2D eigenvalue weighted by atomic mass is 16.5.